The molecule has 0 spiro atoms. The van der Waals surface area contributed by atoms with Crippen LogP contribution in [0.5, 0.6) is 0 Å². The van der Waals surface area contributed by atoms with Crippen LogP contribution in [0.25, 0.3) is 27.8 Å². The first-order valence-corrected chi connectivity index (χ1v) is 9.03. The van der Waals surface area contributed by atoms with Crippen molar-refractivity contribution < 1.29 is 4.79 Å². The van der Waals surface area contributed by atoms with E-state index in [1.165, 1.54) is 0 Å². The second-order valence-electron chi connectivity index (χ2n) is 6.93. The Kier molecular flexibility index (Phi) is 3.81. The van der Waals surface area contributed by atoms with Gasteiger partial charge in [-0.3, -0.25) is 4.79 Å². The van der Waals surface area contributed by atoms with Crippen molar-refractivity contribution in [2.45, 2.75) is 25.3 Å². The third kappa shape index (κ3) is 2.88. The maximum atomic E-state index is 11.4. The van der Waals surface area contributed by atoms with E-state index in [-0.39, 0.29) is 17.9 Å². The number of nitrogens with one attached hydrogen (secondary N) is 1. The molecule has 0 aliphatic heterocycles. The first kappa shape index (κ1) is 16.5. The number of carbonyl (C=O) groups is 1. The van der Waals surface area contributed by atoms with E-state index in [1.54, 1.807) is 17.1 Å². The summed E-state index contributed by atoms with van der Waals surface area (Å²) in [6, 6.07) is 7.76. The number of nitrogens with two attached hydrogens (primary N) is 1. The highest BCUT2D eigenvalue weighted by Gasteiger charge is 2.28. The summed E-state index contributed by atoms with van der Waals surface area (Å²) >= 11 is 0. The van der Waals surface area contributed by atoms with Gasteiger partial charge < -0.3 is 11.1 Å². The number of carbonyl (C=O) groups excluding carboxylic acids is 1. The molecule has 1 amide bonds. The van der Waals surface area contributed by atoms with Crippen molar-refractivity contribution in [1.82, 2.24) is 35.2 Å². The van der Waals surface area contributed by atoms with Crippen molar-refractivity contribution in [2.24, 2.45) is 11.7 Å². The number of primary amides is 1. The molecule has 0 unspecified atom stereocenters. The van der Waals surface area contributed by atoms with E-state index >= 15 is 0 Å². The van der Waals surface area contributed by atoms with Crippen LogP contribution in [-0.4, -0.2) is 47.1 Å². The van der Waals surface area contributed by atoms with Gasteiger partial charge in [-0.1, -0.05) is 5.21 Å². The van der Waals surface area contributed by atoms with Crippen LogP contribution in [0.4, 0.5) is 5.95 Å². The fourth-order valence-electron chi connectivity index (χ4n) is 3.63. The van der Waals surface area contributed by atoms with Gasteiger partial charge in [-0.25, -0.2) is 4.98 Å². The second kappa shape index (κ2) is 6.48. The number of fused-ring (bicyclic) bond motifs is 2. The Morgan fingerprint density at radius 2 is 2.11 bits per heavy atom. The summed E-state index contributed by atoms with van der Waals surface area (Å²) in [5, 5.41) is 20.6. The van der Waals surface area contributed by atoms with Crippen LogP contribution in [0.3, 0.4) is 0 Å². The lowest BCUT2D eigenvalue weighted by atomic mass is 10.1. The molecule has 1 aliphatic carbocycles. The number of anilines is 1. The summed E-state index contributed by atoms with van der Waals surface area (Å²) < 4.78 is 1.67. The van der Waals surface area contributed by atoms with Gasteiger partial charge in [0.1, 0.15) is 0 Å². The van der Waals surface area contributed by atoms with E-state index in [9.17, 15) is 4.79 Å². The highest BCUT2D eigenvalue weighted by Crippen LogP contribution is 2.27. The van der Waals surface area contributed by atoms with Crippen LogP contribution in [-0.2, 0) is 4.79 Å². The third-order valence-electron chi connectivity index (χ3n) is 5.10. The average Bonchev–Trinajstić information content (AvgIpc) is 3.34. The third-order valence-corrected chi connectivity index (χ3v) is 5.10. The van der Waals surface area contributed by atoms with Gasteiger partial charge in [-0.2, -0.15) is 19.9 Å². The number of nitrogens with zero attached hydrogens (tertiary/aromatic N) is 7. The van der Waals surface area contributed by atoms with E-state index in [0.29, 0.717) is 23.5 Å². The molecule has 2 atom stereocenters. The highest BCUT2D eigenvalue weighted by molar-refractivity contribution is 5.81. The molecule has 28 heavy (non-hydrogen) atoms. The zero-order valence-electron chi connectivity index (χ0n) is 14.9. The molecule has 1 aromatic carbocycles. The molecule has 0 saturated heterocycles. The monoisotopic (exact) mass is 375 g/mol. The van der Waals surface area contributed by atoms with Crippen molar-refractivity contribution in [3.05, 3.63) is 36.7 Å². The lowest BCUT2D eigenvalue weighted by Crippen LogP contribution is -2.23. The standard InChI is InChI=1S/C18H17N9O/c19-16(28)11-1-2-12(7-11)22-18-20-9-15-17(23-18)27(26-25-15)13-3-4-14-10(8-13)5-6-21-24-14/h3-6,8-9,11-12H,1-2,7H2,(H2,19,28)(H,20,22,23)/t11-,12-/m1/s1. The number of benzene rings is 1. The maximum Gasteiger partial charge on any atom is 0.225 e. The van der Waals surface area contributed by atoms with Gasteiger partial charge >= 0.3 is 0 Å². The summed E-state index contributed by atoms with van der Waals surface area (Å²) in [6.45, 7) is 0. The van der Waals surface area contributed by atoms with Crippen molar-refractivity contribution in [2.75, 3.05) is 5.32 Å². The molecule has 0 radical (unpaired) electrons. The largest absolute Gasteiger partial charge is 0.369 e. The van der Waals surface area contributed by atoms with Crippen LogP contribution in [0.1, 0.15) is 19.3 Å². The fraction of sp³-hybridized carbons (Fsp3) is 0.278. The molecule has 3 N–H and O–H groups in total. The van der Waals surface area contributed by atoms with Crippen LogP contribution in [0.15, 0.2) is 36.7 Å². The molecule has 10 heteroatoms. The first-order chi connectivity index (χ1) is 13.7. The van der Waals surface area contributed by atoms with Crippen LogP contribution >= 0.6 is 0 Å². The molecule has 140 valence electrons. The average molecular weight is 375 g/mol. The Morgan fingerprint density at radius 1 is 1.18 bits per heavy atom. The molecule has 3 heterocycles. The first-order valence-electron chi connectivity index (χ1n) is 9.03. The zero-order valence-corrected chi connectivity index (χ0v) is 14.9. The number of aromatic nitrogens is 7. The SMILES string of the molecule is NC(=O)[C@@H]1CC[C@@H](Nc2ncc3nnn(-c4ccc5nnccc5c4)c3n2)C1. The smallest absolute Gasteiger partial charge is 0.225 e. The summed E-state index contributed by atoms with van der Waals surface area (Å²) in [6.07, 6.45) is 5.63. The minimum Gasteiger partial charge on any atom is -0.369 e. The molecule has 1 saturated carbocycles. The molecule has 1 aliphatic rings. The Labute approximate surface area is 159 Å². The molecule has 1 fully saturated rings. The Hall–Kier alpha value is -3.69. The highest BCUT2D eigenvalue weighted by atomic mass is 16.1. The summed E-state index contributed by atoms with van der Waals surface area (Å²) in [5.41, 5.74) is 8.23. The quantitative estimate of drug-likeness (QED) is 0.543. The van der Waals surface area contributed by atoms with Crippen molar-refractivity contribution in [1.29, 1.82) is 0 Å². The minimum absolute atomic E-state index is 0.0888. The van der Waals surface area contributed by atoms with Crippen molar-refractivity contribution in [3.63, 3.8) is 0 Å². The zero-order chi connectivity index (χ0) is 19.1. The molecule has 4 aromatic rings. The van der Waals surface area contributed by atoms with Gasteiger partial charge in [0.25, 0.3) is 0 Å². The van der Waals surface area contributed by atoms with Gasteiger partial charge in [0, 0.05) is 17.3 Å². The summed E-state index contributed by atoms with van der Waals surface area (Å²) in [4.78, 5) is 20.3. The maximum absolute atomic E-state index is 11.4. The van der Waals surface area contributed by atoms with Crippen molar-refractivity contribution in [3.8, 4) is 5.69 Å². The van der Waals surface area contributed by atoms with Crippen molar-refractivity contribution >= 4 is 33.9 Å². The molecule has 10 nitrogen and oxygen atoms in total. The normalized spacial score (nSPS) is 19.3. The summed E-state index contributed by atoms with van der Waals surface area (Å²) in [5.74, 6) is 0.149. The number of amides is 1. The van der Waals surface area contributed by atoms with Gasteiger partial charge in [-0.15, -0.1) is 5.10 Å². The summed E-state index contributed by atoms with van der Waals surface area (Å²) in [7, 11) is 0. The van der Waals surface area contributed by atoms with Gasteiger partial charge in [-0.05, 0) is 43.5 Å². The lowest BCUT2D eigenvalue weighted by molar-refractivity contribution is -0.121. The van der Waals surface area contributed by atoms with E-state index in [2.05, 4.69) is 35.8 Å². The van der Waals surface area contributed by atoms with E-state index in [1.807, 2.05) is 24.3 Å². The van der Waals surface area contributed by atoms with Gasteiger partial charge in [0.15, 0.2) is 11.2 Å². The molecular weight excluding hydrogens is 358 g/mol. The molecule has 5 rings (SSSR count). The number of hydrogen-bond donors (Lipinski definition) is 2. The van der Waals surface area contributed by atoms with E-state index in [0.717, 1.165) is 29.4 Å². The van der Waals surface area contributed by atoms with Gasteiger partial charge in [0.2, 0.25) is 11.9 Å². The minimum atomic E-state index is -0.246. The predicted octanol–water partition coefficient (Wildman–Crippen LogP) is 1.22. The van der Waals surface area contributed by atoms with Crippen LogP contribution < -0.4 is 11.1 Å². The Morgan fingerprint density at radius 3 is 2.96 bits per heavy atom. The van der Waals surface area contributed by atoms with Crippen LogP contribution in [0.2, 0.25) is 0 Å². The predicted molar refractivity (Wildman–Crippen MR) is 101 cm³/mol. The lowest BCUT2D eigenvalue weighted by Gasteiger charge is -2.12. The van der Waals surface area contributed by atoms with E-state index in [4.69, 9.17) is 5.73 Å². The number of rotatable bonds is 4. The van der Waals surface area contributed by atoms with Gasteiger partial charge in [0.05, 0.1) is 23.6 Å². The molecular formula is C18H17N9O. The van der Waals surface area contributed by atoms with Crippen LogP contribution in [0, 0.1) is 5.92 Å². The van der Waals surface area contributed by atoms with E-state index < -0.39 is 0 Å². The topological polar surface area (TPSA) is 137 Å². The Bertz CT molecular complexity index is 1190. The molecule has 3 aromatic heterocycles. The number of hydrogen-bond acceptors (Lipinski definition) is 8. The fourth-order valence-corrected chi connectivity index (χ4v) is 3.63. The Balaban J connectivity index is 1.47. The molecule has 0 bridgehead atoms. The second-order valence-corrected chi connectivity index (χ2v) is 6.93.